The van der Waals surface area contributed by atoms with E-state index in [2.05, 4.69) is 255 Å². The number of fused-ring (bicyclic) bond motifs is 21. The first-order chi connectivity index (χ1) is 37.2. The average molecular weight is 973 g/mol. The standard InChI is InChI=1S/C70H52O5/c1-3-19-49(20-4-1)69-55-27-15-25-51(41-55)52-26-16-28-56(42-52)70(50-21-5-2-6-22-50)75-58-44-54-24-10-12-30-60(54)64(46-58)68-62-32-14-8-18-48(62)34-36-66(68)73-40-38-71-37-39-72-65-35-33-47-17-7-13-31-61(47)67(65)63-45-57(74-69)43-53-23-9-11-29-59(53)63/h1-36,41-46,69-70H,37-40H2/t69-,70-/m0/s1. The van der Waals surface area contributed by atoms with Gasteiger partial charge >= 0.3 is 0 Å². The molecule has 0 saturated heterocycles. The van der Waals surface area contributed by atoms with Crippen molar-refractivity contribution in [2.45, 2.75) is 12.2 Å². The van der Waals surface area contributed by atoms with Crippen LogP contribution in [0.5, 0.6) is 23.0 Å². The highest BCUT2D eigenvalue weighted by Crippen LogP contribution is 2.46. The van der Waals surface area contributed by atoms with Crippen LogP contribution in [0.2, 0.25) is 0 Å². The predicted molar refractivity (Wildman–Crippen MR) is 305 cm³/mol. The molecule has 0 amide bonds. The summed E-state index contributed by atoms with van der Waals surface area (Å²) in [7, 11) is 0. The van der Waals surface area contributed by atoms with Crippen molar-refractivity contribution >= 4 is 43.1 Å². The lowest BCUT2D eigenvalue weighted by atomic mass is 9.92. The number of rotatable bonds is 2. The second kappa shape index (κ2) is 20.4. The van der Waals surface area contributed by atoms with E-state index in [-0.39, 0.29) is 0 Å². The number of hydrogen-bond acceptors (Lipinski definition) is 5. The molecule has 8 bridgehead atoms. The van der Waals surface area contributed by atoms with Gasteiger partial charge < -0.3 is 23.7 Å². The van der Waals surface area contributed by atoms with Crippen LogP contribution in [0.1, 0.15) is 34.5 Å². The second-order valence-corrected chi connectivity index (χ2v) is 19.1. The van der Waals surface area contributed by atoms with E-state index in [1.807, 2.05) is 0 Å². The van der Waals surface area contributed by atoms with E-state index in [1.165, 1.54) is 0 Å². The van der Waals surface area contributed by atoms with Gasteiger partial charge in [-0.2, -0.15) is 0 Å². The fraction of sp³-hybridized carbons (Fsp3) is 0.0857. The Kier molecular flexibility index (Phi) is 12.4. The van der Waals surface area contributed by atoms with Crippen LogP contribution in [0.4, 0.5) is 0 Å². The molecule has 0 aromatic heterocycles. The van der Waals surface area contributed by atoms with Gasteiger partial charge in [-0.1, -0.05) is 206 Å². The quantitative estimate of drug-likeness (QED) is 0.173. The Hall–Kier alpha value is -9.16. The molecule has 0 saturated carbocycles. The van der Waals surface area contributed by atoms with Gasteiger partial charge in [0.05, 0.1) is 13.2 Å². The summed E-state index contributed by atoms with van der Waals surface area (Å²) < 4.78 is 34.4. The first-order valence-electron chi connectivity index (χ1n) is 25.8. The monoisotopic (exact) mass is 972 g/mol. The Morgan fingerprint density at radius 2 is 0.667 bits per heavy atom. The molecule has 362 valence electrons. The van der Waals surface area contributed by atoms with E-state index in [0.717, 1.165) is 122 Å². The molecule has 13 rings (SSSR count). The van der Waals surface area contributed by atoms with Crippen molar-refractivity contribution in [3.8, 4) is 56.4 Å². The molecule has 5 nitrogen and oxygen atoms in total. The number of benzene rings is 12. The van der Waals surface area contributed by atoms with Crippen LogP contribution in [-0.2, 0) is 4.74 Å². The molecule has 1 aliphatic rings. The van der Waals surface area contributed by atoms with E-state index < -0.39 is 12.2 Å². The molecule has 12 aromatic carbocycles. The van der Waals surface area contributed by atoms with Crippen LogP contribution in [0.15, 0.2) is 255 Å². The van der Waals surface area contributed by atoms with Gasteiger partial charge in [0.2, 0.25) is 0 Å². The lowest BCUT2D eigenvalue weighted by molar-refractivity contribution is 0.0767. The summed E-state index contributed by atoms with van der Waals surface area (Å²) in [4.78, 5) is 0. The fourth-order valence-corrected chi connectivity index (χ4v) is 10.9. The molecule has 0 unspecified atom stereocenters. The molecule has 5 heteroatoms. The summed E-state index contributed by atoms with van der Waals surface area (Å²) in [5, 5.41) is 8.77. The molecule has 0 N–H and O–H groups in total. The Labute approximate surface area is 436 Å². The highest BCUT2D eigenvalue weighted by Gasteiger charge is 2.24. The summed E-state index contributed by atoms with van der Waals surface area (Å²) >= 11 is 0. The summed E-state index contributed by atoms with van der Waals surface area (Å²) in [5.74, 6) is 3.05. The maximum atomic E-state index is 7.32. The lowest BCUT2D eigenvalue weighted by Gasteiger charge is -2.23. The van der Waals surface area contributed by atoms with Crippen molar-refractivity contribution in [1.82, 2.24) is 0 Å². The van der Waals surface area contributed by atoms with Crippen molar-refractivity contribution < 1.29 is 23.7 Å². The lowest BCUT2D eigenvalue weighted by Crippen LogP contribution is -2.13. The molecule has 1 heterocycles. The molecule has 2 atom stereocenters. The SMILES string of the molecule is c1ccc([C@@H]2Oc3cc(c4ccccc4c3)-c3c(ccc4ccccc34)OCCOCCOc3ccc4ccccc4c3-c3cc(cc4ccccc34)O[C@@H](c3ccccc3)c3cccc(c3)-c3cccc2c3)cc1. The van der Waals surface area contributed by atoms with E-state index in [4.69, 9.17) is 23.7 Å². The van der Waals surface area contributed by atoms with Gasteiger partial charge in [-0.15, -0.1) is 0 Å². The third kappa shape index (κ3) is 9.20. The minimum atomic E-state index is -0.430. The first kappa shape index (κ1) is 45.7. The van der Waals surface area contributed by atoms with E-state index in [9.17, 15) is 0 Å². The van der Waals surface area contributed by atoms with E-state index in [0.29, 0.717) is 26.4 Å². The van der Waals surface area contributed by atoms with Gasteiger partial charge in [0, 0.05) is 11.1 Å². The van der Waals surface area contributed by atoms with Crippen LogP contribution in [0.25, 0.3) is 76.5 Å². The molecule has 0 aliphatic carbocycles. The normalized spacial score (nSPS) is 15.1. The summed E-state index contributed by atoms with van der Waals surface area (Å²) in [5.41, 5.74) is 10.4. The Morgan fingerprint density at radius 3 is 1.12 bits per heavy atom. The Balaban J connectivity index is 0.979. The van der Waals surface area contributed by atoms with Gasteiger partial charge in [0.25, 0.3) is 0 Å². The third-order valence-corrected chi connectivity index (χ3v) is 14.4. The highest BCUT2D eigenvalue weighted by atomic mass is 16.5. The Morgan fingerprint density at radius 1 is 0.280 bits per heavy atom. The maximum absolute atomic E-state index is 7.32. The van der Waals surface area contributed by atoms with Crippen molar-refractivity contribution in [3.63, 3.8) is 0 Å². The number of hydrogen-bond donors (Lipinski definition) is 0. The van der Waals surface area contributed by atoms with E-state index >= 15 is 0 Å². The maximum Gasteiger partial charge on any atom is 0.149 e. The topological polar surface area (TPSA) is 46.2 Å². The van der Waals surface area contributed by atoms with Crippen LogP contribution in [-0.4, -0.2) is 26.4 Å². The first-order valence-corrected chi connectivity index (χ1v) is 25.8. The van der Waals surface area contributed by atoms with Crippen LogP contribution in [0, 0.1) is 0 Å². The second-order valence-electron chi connectivity index (χ2n) is 19.1. The van der Waals surface area contributed by atoms with Gasteiger partial charge in [0.15, 0.2) is 0 Å². The van der Waals surface area contributed by atoms with Crippen molar-refractivity contribution in [2.24, 2.45) is 0 Å². The molecule has 12 aromatic rings. The third-order valence-electron chi connectivity index (χ3n) is 14.4. The highest BCUT2D eigenvalue weighted by molar-refractivity contribution is 6.09. The summed E-state index contributed by atoms with van der Waals surface area (Å²) in [6, 6.07) is 89.7. The van der Waals surface area contributed by atoms with Crippen molar-refractivity contribution in [1.29, 1.82) is 0 Å². The van der Waals surface area contributed by atoms with Crippen molar-refractivity contribution in [3.05, 3.63) is 277 Å². The van der Waals surface area contributed by atoms with Gasteiger partial charge in [0.1, 0.15) is 48.4 Å². The van der Waals surface area contributed by atoms with E-state index in [1.54, 1.807) is 0 Å². The minimum Gasteiger partial charge on any atom is -0.491 e. The van der Waals surface area contributed by atoms with Crippen molar-refractivity contribution in [2.75, 3.05) is 26.4 Å². The zero-order valence-electron chi connectivity index (χ0n) is 41.3. The molecular weight excluding hydrogens is 921 g/mol. The van der Waals surface area contributed by atoms with Crippen LogP contribution in [0.3, 0.4) is 0 Å². The van der Waals surface area contributed by atoms with Gasteiger partial charge in [-0.05, 0) is 136 Å². The molecular formula is C70H52O5. The van der Waals surface area contributed by atoms with Crippen LogP contribution >= 0.6 is 0 Å². The molecule has 0 radical (unpaired) electrons. The zero-order valence-corrected chi connectivity index (χ0v) is 41.3. The molecule has 75 heavy (non-hydrogen) atoms. The number of ether oxygens (including phenoxy) is 5. The van der Waals surface area contributed by atoms with Gasteiger partial charge in [-0.25, -0.2) is 0 Å². The minimum absolute atomic E-state index is 0.346. The zero-order chi connectivity index (χ0) is 49.9. The van der Waals surface area contributed by atoms with Gasteiger partial charge in [-0.3, -0.25) is 0 Å². The van der Waals surface area contributed by atoms with Crippen LogP contribution < -0.4 is 18.9 Å². The fourth-order valence-electron chi connectivity index (χ4n) is 10.9. The average Bonchev–Trinajstić information content (AvgIpc) is 3.47. The smallest absolute Gasteiger partial charge is 0.149 e. The summed E-state index contributed by atoms with van der Waals surface area (Å²) in [6.45, 7) is 1.44. The molecule has 1 aliphatic heterocycles. The predicted octanol–water partition coefficient (Wildman–Crippen LogP) is 17.4. The summed E-state index contributed by atoms with van der Waals surface area (Å²) in [6.07, 6.45) is -0.861. The molecule has 0 fully saturated rings. The largest absolute Gasteiger partial charge is 0.491 e. The molecule has 0 spiro atoms. The Bertz CT molecular complexity index is 3760.